The van der Waals surface area contributed by atoms with Gasteiger partial charge in [-0.2, -0.15) is 0 Å². The number of fused-ring (bicyclic) bond motifs is 2. The SMILES string of the molecule is CC1=Cc2c(ccc(C)c2-c2ccccc2)[CH]1[Zr]([Cl])([Cl])([CH]1C(c2ccc(C)o2)=Cc2c1ccc(C)c2-c1ccccc1)=[Si](C)C. The van der Waals surface area contributed by atoms with Crippen LogP contribution in [0.1, 0.15) is 59.1 Å². The number of hydrogen-bond donors (Lipinski definition) is 0. The molecule has 4 aromatic carbocycles. The van der Waals surface area contributed by atoms with Crippen molar-refractivity contribution in [3.8, 4) is 22.3 Å². The molecule has 0 aliphatic heterocycles. The number of benzene rings is 4. The van der Waals surface area contributed by atoms with Gasteiger partial charge in [0.1, 0.15) is 0 Å². The molecule has 0 radical (unpaired) electrons. The van der Waals surface area contributed by atoms with E-state index in [0.29, 0.717) is 0 Å². The number of hydrogen-bond acceptors (Lipinski definition) is 1. The summed E-state index contributed by atoms with van der Waals surface area (Å²) in [6.45, 7) is 13.4. The molecule has 0 amide bonds. The predicted octanol–water partition coefficient (Wildman–Crippen LogP) is 12.5. The van der Waals surface area contributed by atoms with E-state index in [1.165, 1.54) is 61.2 Å². The van der Waals surface area contributed by atoms with E-state index >= 15 is 0 Å². The van der Waals surface area contributed by atoms with E-state index in [9.17, 15) is 0 Å². The van der Waals surface area contributed by atoms with Crippen LogP contribution in [-0.2, 0) is 15.0 Å². The maximum absolute atomic E-state index is 8.62. The normalized spacial score (nSPS) is 17.5. The van der Waals surface area contributed by atoms with Crippen LogP contribution in [0.4, 0.5) is 0 Å². The fourth-order valence-electron chi connectivity index (χ4n) is 8.06. The monoisotopic (exact) mass is 722 g/mol. The first kappa shape index (κ1) is 30.9. The Balaban J connectivity index is 1.53. The number of halogens is 2. The van der Waals surface area contributed by atoms with Crippen LogP contribution in [0.15, 0.2) is 107 Å². The number of furan rings is 1. The second-order valence-corrected chi connectivity index (χ2v) is 52.0. The molecule has 7 rings (SSSR count). The first-order valence-electron chi connectivity index (χ1n) is 15.7. The molecule has 2 atom stereocenters. The minimum atomic E-state index is -5.01. The third-order valence-corrected chi connectivity index (χ3v) is 56.8. The average Bonchev–Trinajstić information content (AvgIpc) is 3.72. The van der Waals surface area contributed by atoms with Gasteiger partial charge in [0.2, 0.25) is 0 Å². The van der Waals surface area contributed by atoms with E-state index in [4.69, 9.17) is 21.4 Å². The molecule has 1 nitrogen and oxygen atoms in total. The Kier molecular flexibility index (Phi) is 7.73. The van der Waals surface area contributed by atoms with Crippen molar-refractivity contribution in [3.05, 3.63) is 148 Å². The third-order valence-electron chi connectivity index (χ3n) is 10.2. The zero-order valence-corrected chi connectivity index (χ0v) is 31.7. The Morgan fingerprint density at radius 3 is 1.60 bits per heavy atom. The zero-order chi connectivity index (χ0) is 31.7. The van der Waals surface area contributed by atoms with E-state index in [2.05, 4.69) is 143 Å². The van der Waals surface area contributed by atoms with Gasteiger partial charge in [0, 0.05) is 0 Å². The summed E-state index contributed by atoms with van der Waals surface area (Å²) < 4.78 is 6.31. The minimum absolute atomic E-state index is 0.00591. The molecule has 226 valence electrons. The van der Waals surface area contributed by atoms with Gasteiger partial charge in [-0.15, -0.1) is 0 Å². The van der Waals surface area contributed by atoms with Gasteiger partial charge in [-0.05, 0) is 0 Å². The van der Waals surface area contributed by atoms with Crippen molar-refractivity contribution in [1.82, 2.24) is 0 Å². The van der Waals surface area contributed by atoms with E-state index < -0.39 is 20.4 Å². The fraction of sp³-hybridized carbons (Fsp3) is 0.200. The quantitative estimate of drug-likeness (QED) is 0.165. The molecular weight excluding hydrogens is 687 g/mol. The molecule has 1 heterocycles. The maximum atomic E-state index is 8.62. The fourth-order valence-corrected chi connectivity index (χ4v) is 37.1. The molecule has 2 aliphatic carbocycles. The summed E-state index contributed by atoms with van der Waals surface area (Å²) in [5, 5.41) is 0. The molecule has 0 bridgehead atoms. The molecule has 45 heavy (non-hydrogen) atoms. The van der Waals surface area contributed by atoms with Crippen molar-refractivity contribution >= 4 is 40.2 Å². The third kappa shape index (κ3) is 4.72. The Labute approximate surface area is 275 Å². The average molecular weight is 725 g/mol. The van der Waals surface area contributed by atoms with Gasteiger partial charge in [-0.25, -0.2) is 0 Å². The van der Waals surface area contributed by atoms with Crippen LogP contribution < -0.4 is 0 Å². The first-order chi connectivity index (χ1) is 21.5. The van der Waals surface area contributed by atoms with Crippen molar-refractivity contribution in [2.45, 2.75) is 48.0 Å². The molecule has 1 aromatic heterocycles. The molecule has 5 heteroatoms. The topological polar surface area (TPSA) is 13.1 Å². The van der Waals surface area contributed by atoms with Crippen LogP contribution in [-0.4, -0.2) is 5.43 Å². The summed E-state index contributed by atoms with van der Waals surface area (Å²) in [6.07, 6.45) is 4.75. The van der Waals surface area contributed by atoms with Gasteiger partial charge in [-0.1, -0.05) is 0 Å². The van der Waals surface area contributed by atoms with Crippen LogP contribution >= 0.6 is 17.0 Å². The summed E-state index contributed by atoms with van der Waals surface area (Å²) in [7, 11) is 17.2. The van der Waals surface area contributed by atoms with Gasteiger partial charge in [0.15, 0.2) is 0 Å². The van der Waals surface area contributed by atoms with Crippen LogP contribution in [0.5, 0.6) is 0 Å². The number of aryl methyl sites for hydroxylation is 3. The summed E-state index contributed by atoms with van der Waals surface area (Å²) >= 11 is -5.01. The molecule has 5 aromatic rings. The number of rotatable bonds is 5. The van der Waals surface area contributed by atoms with Gasteiger partial charge < -0.3 is 0 Å². The summed E-state index contributed by atoms with van der Waals surface area (Å²) in [5.74, 6) is 1.77. The molecule has 0 saturated carbocycles. The molecule has 0 fully saturated rings. The van der Waals surface area contributed by atoms with Gasteiger partial charge in [0.25, 0.3) is 0 Å². The Bertz CT molecular complexity index is 2130. The Morgan fingerprint density at radius 2 is 1.11 bits per heavy atom. The van der Waals surface area contributed by atoms with Crippen LogP contribution in [0, 0.1) is 20.8 Å². The predicted molar refractivity (Wildman–Crippen MR) is 193 cm³/mol. The second kappa shape index (κ2) is 11.2. The Morgan fingerprint density at radius 1 is 0.600 bits per heavy atom. The van der Waals surface area contributed by atoms with Crippen molar-refractivity contribution in [3.63, 3.8) is 0 Å². The van der Waals surface area contributed by atoms with E-state index in [1.54, 1.807) is 0 Å². The van der Waals surface area contributed by atoms with E-state index in [-0.39, 0.29) is 7.25 Å². The van der Waals surface area contributed by atoms with Crippen LogP contribution in [0.3, 0.4) is 0 Å². The van der Waals surface area contributed by atoms with Crippen molar-refractivity contribution in [2.75, 3.05) is 0 Å². The van der Waals surface area contributed by atoms with Gasteiger partial charge in [0.05, 0.1) is 0 Å². The van der Waals surface area contributed by atoms with Crippen LogP contribution in [0.2, 0.25) is 13.1 Å². The summed E-state index contributed by atoms with van der Waals surface area (Å²) in [4.78, 5) is 0. The second-order valence-electron chi connectivity index (χ2n) is 13.2. The molecule has 0 N–H and O–H groups in total. The van der Waals surface area contributed by atoms with Crippen LogP contribution in [0.25, 0.3) is 40.0 Å². The summed E-state index contributed by atoms with van der Waals surface area (Å²) in [6, 6.07) is 34.8. The van der Waals surface area contributed by atoms with Crippen molar-refractivity contribution in [1.29, 1.82) is 0 Å². The van der Waals surface area contributed by atoms with Crippen molar-refractivity contribution < 1.29 is 19.4 Å². The molecule has 0 saturated heterocycles. The van der Waals surface area contributed by atoms with Gasteiger partial charge in [-0.3, -0.25) is 0 Å². The Hall–Kier alpha value is -2.68. The molecule has 0 spiro atoms. The van der Waals surface area contributed by atoms with E-state index in [1.807, 2.05) is 6.92 Å². The van der Waals surface area contributed by atoms with Crippen molar-refractivity contribution in [2.24, 2.45) is 0 Å². The molecule has 2 unspecified atom stereocenters. The van der Waals surface area contributed by atoms with Gasteiger partial charge >= 0.3 is 277 Å². The first-order valence-corrected chi connectivity index (χ1v) is 31.1. The summed E-state index contributed by atoms with van der Waals surface area (Å²) in [5.41, 5.74) is 13.7. The number of allylic oxidation sites excluding steroid dienone is 2. The molecule has 2 aliphatic rings. The van der Waals surface area contributed by atoms with E-state index in [0.717, 1.165) is 17.1 Å². The molecular formula is C40H38Cl2OSiZr. The zero-order valence-electron chi connectivity index (χ0n) is 26.7. The standard InChI is InChI=1S/C21H17O.C17H15.C2H6Si.2ClH.Zr/c1-14-8-10-17-12-18(20-11-9-15(2)22-20)13-19(17)21(14)16-6-4-3-5-7-16;1-12-10-15-9-8-13(2)17(16(15)11-12)14-6-4-3-5-7-14;1-3-2;;;/h3-13H,1-2H3;3-11H,1-2H3;1-2H3;2*1H;/q;;;;;+2/p-2.